The van der Waals surface area contributed by atoms with Crippen molar-refractivity contribution in [2.45, 2.75) is 19.4 Å². The second kappa shape index (κ2) is 6.19. The van der Waals surface area contributed by atoms with Crippen molar-refractivity contribution in [3.8, 4) is 5.75 Å². The molecule has 2 aromatic rings. The van der Waals surface area contributed by atoms with E-state index in [0.717, 1.165) is 30.0 Å². The summed E-state index contributed by atoms with van der Waals surface area (Å²) in [5, 5.41) is 0.705. The molecule has 1 aliphatic rings. The maximum Gasteiger partial charge on any atom is 0.227 e. The molecule has 1 amide bonds. The van der Waals surface area contributed by atoms with Gasteiger partial charge in [0.05, 0.1) is 0 Å². The van der Waals surface area contributed by atoms with Crippen LogP contribution < -0.4 is 9.64 Å². The molecule has 2 aromatic carbocycles. The first-order valence-corrected chi connectivity index (χ1v) is 7.38. The summed E-state index contributed by atoms with van der Waals surface area (Å²) in [5.41, 5.74) is 1.89. The third-order valence-corrected chi connectivity index (χ3v) is 3.94. The maximum absolute atomic E-state index is 11.7. The van der Waals surface area contributed by atoms with E-state index in [-0.39, 0.29) is 5.91 Å². The second-order valence-electron chi connectivity index (χ2n) is 5.02. The van der Waals surface area contributed by atoms with Gasteiger partial charge >= 0.3 is 0 Å². The van der Waals surface area contributed by atoms with Gasteiger partial charge in [-0.25, -0.2) is 0 Å². The van der Waals surface area contributed by atoms with Gasteiger partial charge in [-0.05, 0) is 36.8 Å². The minimum atomic E-state index is 0.194. The highest BCUT2D eigenvalue weighted by Crippen LogP contribution is 2.25. The van der Waals surface area contributed by atoms with Crippen LogP contribution in [-0.2, 0) is 11.4 Å². The zero-order valence-electron chi connectivity index (χ0n) is 11.6. The molecule has 0 bridgehead atoms. The van der Waals surface area contributed by atoms with Crippen LogP contribution in [0.2, 0.25) is 5.02 Å². The molecule has 0 aromatic heterocycles. The van der Waals surface area contributed by atoms with Crippen LogP contribution in [0, 0.1) is 0 Å². The molecular formula is C17H16ClNO2. The average molecular weight is 302 g/mol. The normalized spacial score (nSPS) is 14.5. The number of ether oxygens (including phenoxy) is 1. The summed E-state index contributed by atoms with van der Waals surface area (Å²) >= 11 is 6.09. The number of carbonyl (C=O) groups is 1. The van der Waals surface area contributed by atoms with E-state index >= 15 is 0 Å². The lowest BCUT2D eigenvalue weighted by molar-refractivity contribution is -0.117. The van der Waals surface area contributed by atoms with Crippen LogP contribution >= 0.6 is 11.6 Å². The van der Waals surface area contributed by atoms with Gasteiger partial charge in [0.25, 0.3) is 0 Å². The van der Waals surface area contributed by atoms with E-state index in [1.165, 1.54) is 0 Å². The number of anilines is 1. The zero-order chi connectivity index (χ0) is 14.7. The molecule has 1 heterocycles. The average Bonchev–Trinajstić information content (AvgIpc) is 2.93. The van der Waals surface area contributed by atoms with Crippen molar-refractivity contribution in [2.75, 3.05) is 11.4 Å². The molecule has 0 aliphatic carbocycles. The molecule has 1 aliphatic heterocycles. The highest BCUT2D eigenvalue weighted by molar-refractivity contribution is 6.31. The van der Waals surface area contributed by atoms with Crippen molar-refractivity contribution >= 4 is 23.2 Å². The molecule has 108 valence electrons. The number of hydrogen-bond acceptors (Lipinski definition) is 2. The first-order valence-electron chi connectivity index (χ1n) is 7.01. The topological polar surface area (TPSA) is 29.5 Å². The Hall–Kier alpha value is -2.00. The lowest BCUT2D eigenvalue weighted by atomic mass is 10.2. The van der Waals surface area contributed by atoms with Gasteiger partial charge in [0, 0.05) is 29.2 Å². The Bertz CT molecular complexity index is 639. The van der Waals surface area contributed by atoms with Crippen LogP contribution in [-0.4, -0.2) is 12.5 Å². The predicted molar refractivity (Wildman–Crippen MR) is 83.8 cm³/mol. The van der Waals surface area contributed by atoms with Gasteiger partial charge in [-0.1, -0.05) is 29.8 Å². The van der Waals surface area contributed by atoms with Crippen molar-refractivity contribution < 1.29 is 9.53 Å². The molecule has 3 nitrogen and oxygen atoms in total. The molecule has 1 fully saturated rings. The summed E-state index contributed by atoms with van der Waals surface area (Å²) in [7, 11) is 0. The van der Waals surface area contributed by atoms with Gasteiger partial charge in [0.1, 0.15) is 12.4 Å². The molecule has 0 saturated carbocycles. The van der Waals surface area contributed by atoms with E-state index in [1.807, 2.05) is 53.4 Å². The monoisotopic (exact) mass is 301 g/mol. The summed E-state index contributed by atoms with van der Waals surface area (Å²) in [6.07, 6.45) is 1.58. The van der Waals surface area contributed by atoms with Crippen molar-refractivity contribution in [3.05, 3.63) is 59.1 Å². The van der Waals surface area contributed by atoms with Crippen LogP contribution in [0.5, 0.6) is 5.75 Å². The van der Waals surface area contributed by atoms with Crippen LogP contribution in [0.1, 0.15) is 18.4 Å². The minimum absolute atomic E-state index is 0.194. The number of benzene rings is 2. The van der Waals surface area contributed by atoms with Crippen molar-refractivity contribution in [1.82, 2.24) is 0 Å². The lowest BCUT2D eigenvalue weighted by Gasteiger charge is -2.16. The quantitative estimate of drug-likeness (QED) is 0.853. The van der Waals surface area contributed by atoms with Crippen molar-refractivity contribution in [2.24, 2.45) is 0 Å². The molecule has 1 saturated heterocycles. The fourth-order valence-electron chi connectivity index (χ4n) is 2.42. The summed E-state index contributed by atoms with van der Waals surface area (Å²) in [6.45, 7) is 1.24. The van der Waals surface area contributed by atoms with Crippen molar-refractivity contribution in [1.29, 1.82) is 0 Å². The molecule has 0 spiro atoms. The summed E-state index contributed by atoms with van der Waals surface area (Å²) in [4.78, 5) is 13.5. The van der Waals surface area contributed by atoms with Crippen LogP contribution in [0.15, 0.2) is 48.5 Å². The summed E-state index contributed by atoms with van der Waals surface area (Å²) in [5.74, 6) is 0.963. The van der Waals surface area contributed by atoms with Gasteiger partial charge < -0.3 is 9.64 Å². The third-order valence-electron chi connectivity index (χ3n) is 3.57. The zero-order valence-corrected chi connectivity index (χ0v) is 12.3. The predicted octanol–water partition coefficient (Wildman–Crippen LogP) is 4.05. The Morgan fingerprint density at radius 3 is 2.52 bits per heavy atom. The maximum atomic E-state index is 11.7. The van der Waals surface area contributed by atoms with Crippen LogP contribution in [0.25, 0.3) is 0 Å². The number of nitrogens with zero attached hydrogens (tertiary/aromatic N) is 1. The van der Waals surface area contributed by atoms with Gasteiger partial charge in [-0.2, -0.15) is 0 Å². The molecule has 21 heavy (non-hydrogen) atoms. The lowest BCUT2D eigenvalue weighted by Crippen LogP contribution is -2.23. The molecule has 0 unspecified atom stereocenters. The standard InChI is InChI=1S/C17H16ClNO2/c18-16-5-2-1-4-13(16)12-21-15-9-7-14(8-10-15)19-11-3-6-17(19)20/h1-2,4-5,7-10H,3,6,11-12H2. The van der Waals surface area contributed by atoms with Crippen LogP contribution in [0.4, 0.5) is 5.69 Å². The SMILES string of the molecule is O=C1CCCN1c1ccc(OCc2ccccc2Cl)cc1. The van der Waals surface area contributed by atoms with E-state index in [9.17, 15) is 4.79 Å². The summed E-state index contributed by atoms with van der Waals surface area (Å²) in [6, 6.07) is 15.2. The Labute approximate surface area is 129 Å². The van der Waals surface area contributed by atoms with E-state index in [0.29, 0.717) is 18.1 Å². The fraction of sp³-hybridized carbons (Fsp3) is 0.235. The number of amides is 1. The van der Waals surface area contributed by atoms with Gasteiger partial charge in [0.2, 0.25) is 5.91 Å². The van der Waals surface area contributed by atoms with Gasteiger partial charge in [-0.15, -0.1) is 0 Å². The number of carbonyl (C=O) groups excluding carboxylic acids is 1. The first kappa shape index (κ1) is 14.0. The first-order chi connectivity index (χ1) is 10.2. The number of hydrogen-bond donors (Lipinski definition) is 0. The molecule has 0 atom stereocenters. The molecule has 4 heteroatoms. The Morgan fingerprint density at radius 1 is 1.10 bits per heavy atom. The molecular weight excluding hydrogens is 286 g/mol. The van der Waals surface area contributed by atoms with E-state index < -0.39 is 0 Å². The van der Waals surface area contributed by atoms with Crippen LogP contribution in [0.3, 0.4) is 0 Å². The highest BCUT2D eigenvalue weighted by atomic mass is 35.5. The third kappa shape index (κ3) is 3.19. The molecule has 3 rings (SSSR count). The second-order valence-corrected chi connectivity index (χ2v) is 5.43. The molecule has 0 radical (unpaired) electrons. The largest absolute Gasteiger partial charge is 0.489 e. The fourth-order valence-corrected chi connectivity index (χ4v) is 2.61. The van der Waals surface area contributed by atoms with E-state index in [1.54, 1.807) is 0 Å². The Morgan fingerprint density at radius 2 is 1.86 bits per heavy atom. The van der Waals surface area contributed by atoms with E-state index in [2.05, 4.69) is 0 Å². The smallest absolute Gasteiger partial charge is 0.227 e. The Balaban J connectivity index is 1.65. The highest BCUT2D eigenvalue weighted by Gasteiger charge is 2.21. The molecule has 0 N–H and O–H groups in total. The van der Waals surface area contributed by atoms with Crippen molar-refractivity contribution in [3.63, 3.8) is 0 Å². The number of halogens is 1. The number of rotatable bonds is 4. The van der Waals surface area contributed by atoms with Gasteiger partial charge in [0.15, 0.2) is 0 Å². The van der Waals surface area contributed by atoms with Gasteiger partial charge in [-0.3, -0.25) is 4.79 Å². The summed E-state index contributed by atoms with van der Waals surface area (Å²) < 4.78 is 5.73. The van der Waals surface area contributed by atoms with E-state index in [4.69, 9.17) is 16.3 Å². The minimum Gasteiger partial charge on any atom is -0.489 e. The Kier molecular flexibility index (Phi) is 4.11.